The van der Waals surface area contributed by atoms with E-state index in [1.807, 2.05) is 0 Å². The molecule has 2 aromatic heterocycles. The summed E-state index contributed by atoms with van der Waals surface area (Å²) in [5.74, 6) is -0.272. The van der Waals surface area contributed by atoms with Crippen LogP contribution in [0, 0.1) is 0 Å². The van der Waals surface area contributed by atoms with Crippen molar-refractivity contribution in [2.75, 3.05) is 26.4 Å². The fraction of sp³-hybridized carbons (Fsp3) is 0.308. The van der Waals surface area contributed by atoms with Gasteiger partial charge in [0.05, 0.1) is 10.4 Å². The Kier molecular flexibility index (Phi) is 4.19. The summed E-state index contributed by atoms with van der Waals surface area (Å²) in [6.07, 6.45) is 3.61. The summed E-state index contributed by atoms with van der Waals surface area (Å²) in [5.41, 5.74) is 6.49. The number of fused-ring (bicyclic) bond motifs is 1. The van der Waals surface area contributed by atoms with E-state index in [-0.39, 0.29) is 18.2 Å². The van der Waals surface area contributed by atoms with Gasteiger partial charge in [-0.2, -0.15) is 0 Å². The second kappa shape index (κ2) is 5.87. The minimum atomic E-state index is -0.174. The van der Waals surface area contributed by atoms with Crippen LogP contribution in [0.15, 0.2) is 18.5 Å². The normalized spacial score (nSPS) is 10.5. The zero-order valence-electron chi connectivity index (χ0n) is 11.3. The van der Waals surface area contributed by atoms with Gasteiger partial charge in [0.15, 0.2) is 0 Å². The molecule has 0 aliphatic rings. The largest absolute Gasteiger partial charge is 0.397 e. The smallest absolute Gasteiger partial charge is 0.265 e. The minimum Gasteiger partial charge on any atom is -0.397 e. The number of carbonyl (C=O) groups is 2. The molecule has 20 heavy (non-hydrogen) atoms. The molecule has 0 unspecified atom stereocenters. The first-order valence-corrected chi connectivity index (χ1v) is 6.94. The number of thiophene rings is 1. The lowest BCUT2D eigenvalue weighted by atomic mass is 10.2. The number of nitrogens with zero attached hydrogens (tertiary/aromatic N) is 2. The summed E-state index contributed by atoms with van der Waals surface area (Å²) in [6.45, 7) is 0.352. The molecule has 0 aromatic carbocycles. The van der Waals surface area contributed by atoms with Gasteiger partial charge in [0, 0.05) is 44.8 Å². The van der Waals surface area contributed by atoms with E-state index in [0.717, 1.165) is 10.1 Å². The molecule has 0 fully saturated rings. The Morgan fingerprint density at radius 3 is 2.90 bits per heavy atom. The van der Waals surface area contributed by atoms with E-state index in [0.29, 0.717) is 17.1 Å². The molecule has 0 radical (unpaired) electrons. The van der Waals surface area contributed by atoms with Crippen molar-refractivity contribution in [3.05, 3.63) is 23.3 Å². The van der Waals surface area contributed by atoms with E-state index in [4.69, 9.17) is 5.73 Å². The molecule has 0 bridgehead atoms. The van der Waals surface area contributed by atoms with Gasteiger partial charge >= 0.3 is 0 Å². The number of nitrogens with two attached hydrogens (primary N) is 1. The van der Waals surface area contributed by atoms with E-state index in [1.54, 1.807) is 32.6 Å². The number of hydrogen-bond donors (Lipinski definition) is 2. The molecule has 3 N–H and O–H groups in total. The first-order chi connectivity index (χ1) is 9.54. The van der Waals surface area contributed by atoms with Gasteiger partial charge in [-0.15, -0.1) is 11.3 Å². The van der Waals surface area contributed by atoms with Crippen LogP contribution in [0.2, 0.25) is 0 Å². The van der Waals surface area contributed by atoms with Gasteiger partial charge in [-0.3, -0.25) is 14.6 Å². The van der Waals surface area contributed by atoms with Crippen LogP contribution < -0.4 is 11.1 Å². The number of amides is 2. The summed E-state index contributed by atoms with van der Waals surface area (Å²) in [6, 6.07) is 1.79. The Hall–Kier alpha value is -2.15. The molecule has 7 heteroatoms. The van der Waals surface area contributed by atoms with Crippen LogP contribution in [0.4, 0.5) is 5.69 Å². The minimum absolute atomic E-state index is 0.0989. The van der Waals surface area contributed by atoms with E-state index in [2.05, 4.69) is 10.3 Å². The molecule has 0 atom stereocenters. The van der Waals surface area contributed by atoms with E-state index < -0.39 is 0 Å². The SMILES string of the molecule is CNC(=O)CCN(C)C(=O)c1sc2cnccc2c1N. The zero-order valence-corrected chi connectivity index (χ0v) is 12.2. The van der Waals surface area contributed by atoms with E-state index in [1.165, 1.54) is 16.2 Å². The monoisotopic (exact) mass is 292 g/mol. The van der Waals surface area contributed by atoms with Crippen molar-refractivity contribution in [3.63, 3.8) is 0 Å². The average Bonchev–Trinajstić information content (AvgIpc) is 2.81. The lowest BCUT2D eigenvalue weighted by Crippen LogP contribution is -2.31. The van der Waals surface area contributed by atoms with Crippen molar-refractivity contribution >= 4 is 38.9 Å². The number of rotatable bonds is 4. The van der Waals surface area contributed by atoms with Gasteiger partial charge in [-0.25, -0.2) is 0 Å². The lowest BCUT2D eigenvalue weighted by Gasteiger charge is -2.16. The third-order valence-electron chi connectivity index (χ3n) is 3.03. The van der Waals surface area contributed by atoms with Crippen LogP contribution in [-0.4, -0.2) is 42.3 Å². The summed E-state index contributed by atoms with van der Waals surface area (Å²) < 4.78 is 0.882. The van der Waals surface area contributed by atoms with E-state index in [9.17, 15) is 9.59 Å². The number of nitrogens with one attached hydrogen (secondary N) is 1. The highest BCUT2D eigenvalue weighted by molar-refractivity contribution is 7.21. The lowest BCUT2D eigenvalue weighted by molar-refractivity contribution is -0.120. The average molecular weight is 292 g/mol. The molecule has 0 saturated heterocycles. The fourth-order valence-corrected chi connectivity index (χ4v) is 2.88. The van der Waals surface area contributed by atoms with Crippen LogP contribution in [0.3, 0.4) is 0 Å². The number of anilines is 1. The summed E-state index contributed by atoms with van der Waals surface area (Å²) >= 11 is 1.32. The standard InChI is InChI=1S/C13H16N4O2S/c1-15-10(18)4-6-17(2)13(19)12-11(14)8-3-5-16-7-9(8)20-12/h3,5,7H,4,6,14H2,1-2H3,(H,15,18). The number of nitrogen functional groups attached to an aromatic ring is 1. The fourth-order valence-electron chi connectivity index (χ4n) is 1.80. The molecular formula is C13H16N4O2S. The van der Waals surface area contributed by atoms with Gasteiger partial charge in [0.25, 0.3) is 5.91 Å². The van der Waals surface area contributed by atoms with E-state index >= 15 is 0 Å². The van der Waals surface area contributed by atoms with Crippen LogP contribution >= 0.6 is 11.3 Å². The maximum Gasteiger partial charge on any atom is 0.265 e. The molecule has 2 heterocycles. The Morgan fingerprint density at radius 1 is 1.50 bits per heavy atom. The molecule has 2 amide bonds. The number of aromatic nitrogens is 1. The molecule has 0 aliphatic carbocycles. The first-order valence-electron chi connectivity index (χ1n) is 6.12. The maximum atomic E-state index is 12.3. The predicted molar refractivity (Wildman–Crippen MR) is 79.7 cm³/mol. The third kappa shape index (κ3) is 2.72. The Labute approximate surface area is 120 Å². The third-order valence-corrected chi connectivity index (χ3v) is 4.17. The second-order valence-corrected chi connectivity index (χ2v) is 5.42. The molecule has 6 nitrogen and oxygen atoms in total. The van der Waals surface area contributed by atoms with Gasteiger partial charge < -0.3 is 16.0 Å². The zero-order chi connectivity index (χ0) is 14.7. The van der Waals surface area contributed by atoms with Crippen molar-refractivity contribution < 1.29 is 9.59 Å². The van der Waals surface area contributed by atoms with Crippen molar-refractivity contribution in [2.45, 2.75) is 6.42 Å². The highest BCUT2D eigenvalue weighted by atomic mass is 32.1. The van der Waals surface area contributed by atoms with Gasteiger partial charge in [0.1, 0.15) is 4.88 Å². The molecule has 0 spiro atoms. The number of carbonyl (C=O) groups excluding carboxylic acids is 2. The molecule has 106 valence electrons. The predicted octanol–water partition coefficient (Wildman–Crippen LogP) is 1.09. The second-order valence-electron chi connectivity index (χ2n) is 4.37. The Bertz CT molecular complexity index is 653. The first kappa shape index (κ1) is 14.3. The summed E-state index contributed by atoms with van der Waals surface area (Å²) in [7, 11) is 3.23. The molecule has 2 aromatic rings. The molecule has 0 aliphatic heterocycles. The van der Waals surface area contributed by atoms with Crippen LogP contribution in [0.1, 0.15) is 16.1 Å². The van der Waals surface area contributed by atoms with Crippen molar-refractivity contribution in [3.8, 4) is 0 Å². The summed E-state index contributed by atoms with van der Waals surface area (Å²) in [4.78, 5) is 29.6. The van der Waals surface area contributed by atoms with Crippen LogP contribution in [0.25, 0.3) is 10.1 Å². The molecular weight excluding hydrogens is 276 g/mol. The van der Waals surface area contributed by atoms with Crippen molar-refractivity contribution in [2.24, 2.45) is 0 Å². The Morgan fingerprint density at radius 2 is 2.25 bits per heavy atom. The highest BCUT2D eigenvalue weighted by Gasteiger charge is 2.20. The molecule has 0 saturated carbocycles. The van der Waals surface area contributed by atoms with Crippen molar-refractivity contribution in [1.29, 1.82) is 0 Å². The van der Waals surface area contributed by atoms with Crippen molar-refractivity contribution in [1.82, 2.24) is 15.2 Å². The van der Waals surface area contributed by atoms with Crippen LogP contribution in [0.5, 0.6) is 0 Å². The molecule has 2 rings (SSSR count). The topological polar surface area (TPSA) is 88.3 Å². The Balaban J connectivity index is 2.18. The van der Waals surface area contributed by atoms with Crippen LogP contribution in [-0.2, 0) is 4.79 Å². The summed E-state index contributed by atoms with van der Waals surface area (Å²) in [5, 5.41) is 3.37. The number of hydrogen-bond acceptors (Lipinski definition) is 5. The number of pyridine rings is 1. The van der Waals surface area contributed by atoms with Gasteiger partial charge in [0.2, 0.25) is 5.91 Å². The highest BCUT2D eigenvalue weighted by Crippen LogP contribution is 2.33. The maximum absolute atomic E-state index is 12.3. The van der Waals surface area contributed by atoms with Gasteiger partial charge in [-0.05, 0) is 6.07 Å². The quantitative estimate of drug-likeness (QED) is 0.883. The van der Waals surface area contributed by atoms with Gasteiger partial charge in [-0.1, -0.05) is 0 Å².